The summed E-state index contributed by atoms with van der Waals surface area (Å²) >= 11 is 16.2. The van der Waals surface area contributed by atoms with E-state index in [0.29, 0.717) is 37.7 Å². The van der Waals surface area contributed by atoms with Crippen LogP contribution in [0.5, 0.6) is 11.5 Å². The van der Waals surface area contributed by atoms with E-state index in [0.717, 1.165) is 10.6 Å². The normalized spacial score (nSPS) is 26.8. The Balaban J connectivity index is 1.35. The summed E-state index contributed by atoms with van der Waals surface area (Å²) in [5, 5.41) is 13.2. The number of halogens is 3. The summed E-state index contributed by atoms with van der Waals surface area (Å²) in [6.07, 6.45) is 2.30. The fourth-order valence-electron chi connectivity index (χ4n) is 8.78. The van der Waals surface area contributed by atoms with Crippen molar-refractivity contribution in [2.75, 3.05) is 17.4 Å². The Morgan fingerprint density at radius 1 is 0.882 bits per heavy atom. The van der Waals surface area contributed by atoms with Gasteiger partial charge in [0.2, 0.25) is 11.8 Å². The van der Waals surface area contributed by atoms with Crippen LogP contribution in [0, 0.1) is 23.7 Å². The number of hydrazine groups is 1. The zero-order valence-electron chi connectivity index (χ0n) is 27.1. The summed E-state index contributed by atoms with van der Waals surface area (Å²) in [5.41, 5.74) is 3.82. The molecule has 4 amide bonds. The summed E-state index contributed by atoms with van der Waals surface area (Å²) in [7, 11) is 1.54. The first kappa shape index (κ1) is 33.5. The molecule has 4 aromatic rings. The number of rotatable bonds is 6. The molecule has 2 aliphatic heterocycles. The summed E-state index contributed by atoms with van der Waals surface area (Å²) in [6, 6.07) is 25.5. The lowest BCUT2D eigenvalue weighted by Gasteiger charge is -2.50. The number of nitrogens with one attached hydrogen (secondary N) is 1. The Bertz CT molecular complexity index is 2160. The molecule has 1 saturated carbocycles. The zero-order chi connectivity index (χ0) is 35.8. The van der Waals surface area contributed by atoms with Gasteiger partial charge in [-0.15, -0.1) is 0 Å². The van der Waals surface area contributed by atoms with Crippen molar-refractivity contribution in [2.24, 2.45) is 23.7 Å². The minimum atomic E-state index is -1.59. The Hall–Kier alpha value is -4.64. The lowest BCUT2D eigenvalue weighted by molar-refractivity contribution is -0.138. The highest BCUT2D eigenvalue weighted by Crippen LogP contribution is 2.65. The topological polar surface area (TPSA) is 116 Å². The van der Waals surface area contributed by atoms with Gasteiger partial charge >= 0.3 is 0 Å². The second-order valence-electron chi connectivity index (χ2n) is 13.3. The van der Waals surface area contributed by atoms with Crippen molar-refractivity contribution in [3.05, 3.63) is 128 Å². The highest BCUT2D eigenvalue weighted by molar-refractivity contribution is 9.10. The van der Waals surface area contributed by atoms with Crippen LogP contribution < -0.4 is 15.1 Å². The first-order valence-electron chi connectivity index (χ1n) is 16.4. The summed E-state index contributed by atoms with van der Waals surface area (Å²) in [4.78, 5) is 59.8. The third kappa shape index (κ3) is 5.02. The first-order chi connectivity index (χ1) is 24.6. The molecule has 2 aliphatic carbocycles. The SMILES string of the molecule is COc1ccc(C23C(=O)N(Nc4ccc(Cl)cc4Cl)C(=O)C2CC2C(=CCC4C(=O)N(c5ccccc5)C(=O)C42)C3c2cc(Br)ccc2O)cc1. The summed E-state index contributed by atoms with van der Waals surface area (Å²) in [5.74, 6) is -5.20. The van der Waals surface area contributed by atoms with E-state index in [4.69, 9.17) is 27.9 Å². The number of methoxy groups -OCH3 is 1. The van der Waals surface area contributed by atoms with Gasteiger partial charge in [0.25, 0.3) is 11.8 Å². The van der Waals surface area contributed by atoms with Gasteiger partial charge in [-0.05, 0) is 85.0 Å². The van der Waals surface area contributed by atoms with Crippen LogP contribution in [-0.4, -0.2) is 40.9 Å². The lowest BCUT2D eigenvalue weighted by atomic mass is 9.49. The molecule has 3 fully saturated rings. The maximum Gasteiger partial charge on any atom is 0.260 e. The molecule has 0 aromatic heterocycles. The number of carbonyl (C=O) groups excluding carboxylic acids is 4. The van der Waals surface area contributed by atoms with Crippen molar-refractivity contribution < 1.29 is 29.0 Å². The van der Waals surface area contributed by atoms with Crippen molar-refractivity contribution in [1.29, 1.82) is 0 Å². The number of hydrogen-bond acceptors (Lipinski definition) is 7. The number of allylic oxidation sites excluding steroid dienone is 2. The molecule has 0 spiro atoms. The number of para-hydroxylation sites is 1. The maximum atomic E-state index is 15.3. The number of anilines is 2. The standard InChI is InChI=1S/C39H30BrCl2N3O6/c1-51-24-11-7-20(8-12-24)39-29(36(48)45(38(39)50)43-31-15-10-22(41)18-30(31)42)19-27-25(34(39)28-17-21(40)9-16-32(28)46)13-14-26-33(27)37(49)44(35(26)47)23-5-3-2-4-6-23/h2-13,15-18,26-27,29,33-34,43,46H,14,19H2,1H3. The van der Waals surface area contributed by atoms with Crippen molar-refractivity contribution in [3.8, 4) is 11.5 Å². The molecule has 9 nitrogen and oxygen atoms in total. The lowest BCUT2D eigenvalue weighted by Crippen LogP contribution is -2.53. The minimum absolute atomic E-state index is 0.0781. The molecule has 0 radical (unpaired) electrons. The fraction of sp³-hybridized carbons (Fsp3) is 0.231. The van der Waals surface area contributed by atoms with Crippen LogP contribution in [0.25, 0.3) is 0 Å². The van der Waals surface area contributed by atoms with E-state index in [2.05, 4.69) is 21.4 Å². The van der Waals surface area contributed by atoms with Crippen LogP contribution >= 0.6 is 39.1 Å². The number of carbonyl (C=O) groups is 4. The average Bonchev–Trinajstić information content (AvgIpc) is 3.51. The third-order valence-corrected chi connectivity index (χ3v) is 11.9. The molecule has 6 unspecified atom stereocenters. The van der Waals surface area contributed by atoms with E-state index in [1.807, 2.05) is 12.1 Å². The number of hydrogen-bond donors (Lipinski definition) is 2. The number of fused-ring (bicyclic) bond motifs is 4. The predicted octanol–water partition coefficient (Wildman–Crippen LogP) is 7.66. The number of phenols is 1. The zero-order valence-corrected chi connectivity index (χ0v) is 30.2. The molecule has 2 N–H and O–H groups in total. The second kappa shape index (κ2) is 12.5. The van der Waals surface area contributed by atoms with Crippen molar-refractivity contribution in [3.63, 3.8) is 0 Å². The Morgan fingerprint density at radius 3 is 2.33 bits per heavy atom. The van der Waals surface area contributed by atoms with Gasteiger partial charge in [-0.1, -0.05) is 81.1 Å². The molecule has 4 aliphatic rings. The van der Waals surface area contributed by atoms with E-state index in [-0.39, 0.29) is 35.4 Å². The smallest absolute Gasteiger partial charge is 0.260 e. The van der Waals surface area contributed by atoms with Gasteiger partial charge in [0.15, 0.2) is 0 Å². The molecule has 2 heterocycles. The van der Waals surface area contributed by atoms with Gasteiger partial charge in [0.1, 0.15) is 11.5 Å². The van der Waals surface area contributed by atoms with Crippen LogP contribution in [0.3, 0.4) is 0 Å². The van der Waals surface area contributed by atoms with Crippen LogP contribution in [0.1, 0.15) is 29.9 Å². The van der Waals surface area contributed by atoms with Crippen LogP contribution in [0.15, 0.2) is 107 Å². The summed E-state index contributed by atoms with van der Waals surface area (Å²) < 4.78 is 6.10. The highest BCUT2D eigenvalue weighted by Gasteiger charge is 2.70. The molecule has 0 bridgehead atoms. The number of imide groups is 2. The molecule has 2 saturated heterocycles. The second-order valence-corrected chi connectivity index (χ2v) is 15.0. The molecule has 4 aromatic carbocycles. The maximum absolute atomic E-state index is 15.3. The Morgan fingerprint density at radius 2 is 1.63 bits per heavy atom. The van der Waals surface area contributed by atoms with Gasteiger partial charge in [-0.2, -0.15) is 5.01 Å². The van der Waals surface area contributed by atoms with Crippen LogP contribution in [-0.2, 0) is 24.6 Å². The largest absolute Gasteiger partial charge is 0.508 e. The van der Waals surface area contributed by atoms with Crippen molar-refractivity contribution in [1.82, 2.24) is 5.01 Å². The van der Waals surface area contributed by atoms with Crippen molar-refractivity contribution >= 4 is 74.1 Å². The molecule has 8 rings (SSSR count). The van der Waals surface area contributed by atoms with Gasteiger partial charge in [-0.3, -0.25) is 29.5 Å². The van der Waals surface area contributed by atoms with Crippen molar-refractivity contribution in [2.45, 2.75) is 24.2 Å². The number of phenolic OH excluding ortho intramolecular Hbond substituents is 1. The Labute approximate surface area is 311 Å². The first-order valence-corrected chi connectivity index (χ1v) is 18.0. The number of ether oxygens (including phenoxy) is 1. The van der Waals surface area contributed by atoms with E-state index >= 15 is 4.79 Å². The molecule has 258 valence electrons. The summed E-state index contributed by atoms with van der Waals surface area (Å²) in [6.45, 7) is 0. The molecule has 51 heavy (non-hydrogen) atoms. The predicted molar refractivity (Wildman–Crippen MR) is 195 cm³/mol. The number of aromatic hydroxyl groups is 1. The van der Waals surface area contributed by atoms with Gasteiger partial charge < -0.3 is 9.84 Å². The Kier molecular flexibility index (Phi) is 8.24. The number of benzene rings is 4. The van der Waals surface area contributed by atoms with Crippen LogP contribution in [0.2, 0.25) is 10.0 Å². The van der Waals surface area contributed by atoms with Crippen LogP contribution in [0.4, 0.5) is 11.4 Å². The third-order valence-electron chi connectivity index (χ3n) is 10.9. The molecule has 12 heteroatoms. The quantitative estimate of drug-likeness (QED) is 0.152. The minimum Gasteiger partial charge on any atom is -0.508 e. The molecular weight excluding hydrogens is 757 g/mol. The van der Waals surface area contributed by atoms with E-state index in [1.165, 1.54) is 24.1 Å². The van der Waals surface area contributed by atoms with E-state index < -0.39 is 46.8 Å². The molecular formula is C39H30BrCl2N3O6. The van der Waals surface area contributed by atoms with E-state index in [9.17, 15) is 19.5 Å². The highest BCUT2D eigenvalue weighted by atomic mass is 79.9. The van der Waals surface area contributed by atoms with Gasteiger partial charge in [0, 0.05) is 21.0 Å². The number of nitrogens with zero attached hydrogens (tertiary/aromatic N) is 2. The van der Waals surface area contributed by atoms with Gasteiger partial charge in [-0.25, -0.2) is 0 Å². The number of amides is 4. The van der Waals surface area contributed by atoms with E-state index in [1.54, 1.807) is 72.8 Å². The monoisotopic (exact) mass is 785 g/mol. The average molecular weight is 787 g/mol. The van der Waals surface area contributed by atoms with Gasteiger partial charge in [0.05, 0.1) is 46.7 Å². The fourth-order valence-corrected chi connectivity index (χ4v) is 9.61. The molecule has 6 atom stereocenters.